The van der Waals surface area contributed by atoms with Crippen LogP contribution in [0.4, 0.5) is 4.39 Å². The van der Waals surface area contributed by atoms with Crippen molar-refractivity contribution in [1.29, 1.82) is 0 Å². The Morgan fingerprint density at radius 1 is 1.32 bits per heavy atom. The van der Waals surface area contributed by atoms with E-state index in [1.54, 1.807) is 35.3 Å². The van der Waals surface area contributed by atoms with Crippen LogP contribution in [0.15, 0.2) is 51.7 Å². The molecule has 0 atom stereocenters. The lowest BCUT2D eigenvalue weighted by molar-refractivity contribution is 0.0843. The van der Waals surface area contributed by atoms with E-state index in [9.17, 15) is 9.18 Å². The van der Waals surface area contributed by atoms with Gasteiger partial charge < -0.3 is 15.1 Å². The van der Waals surface area contributed by atoms with Crippen molar-refractivity contribution in [2.75, 3.05) is 13.1 Å². The van der Waals surface area contributed by atoms with Crippen LogP contribution in [0.25, 0.3) is 11.3 Å². The molecular formula is C20H20BrFN4O2. The van der Waals surface area contributed by atoms with Gasteiger partial charge in [-0.05, 0) is 65.6 Å². The van der Waals surface area contributed by atoms with Gasteiger partial charge in [-0.3, -0.25) is 9.48 Å². The molecule has 0 radical (unpaired) electrons. The molecule has 6 nitrogen and oxygen atoms in total. The smallest absolute Gasteiger partial charge is 0.287 e. The Labute approximate surface area is 170 Å². The number of piperidine rings is 1. The van der Waals surface area contributed by atoms with E-state index in [-0.39, 0.29) is 17.5 Å². The Balaban J connectivity index is 1.61. The predicted molar refractivity (Wildman–Crippen MR) is 106 cm³/mol. The lowest BCUT2D eigenvalue weighted by atomic mass is 9.81. The van der Waals surface area contributed by atoms with E-state index in [1.807, 2.05) is 7.05 Å². The number of carbonyl (C=O) groups is 1. The van der Waals surface area contributed by atoms with Crippen LogP contribution in [0.2, 0.25) is 0 Å². The van der Waals surface area contributed by atoms with Gasteiger partial charge in [0.1, 0.15) is 12.1 Å². The number of hydrogen-bond donors (Lipinski definition) is 2. The van der Waals surface area contributed by atoms with Gasteiger partial charge >= 0.3 is 0 Å². The highest BCUT2D eigenvalue weighted by Gasteiger charge is 2.36. The van der Waals surface area contributed by atoms with E-state index in [1.165, 1.54) is 12.1 Å². The van der Waals surface area contributed by atoms with Crippen molar-refractivity contribution in [2.24, 2.45) is 7.05 Å². The Morgan fingerprint density at radius 3 is 2.68 bits per heavy atom. The van der Waals surface area contributed by atoms with Gasteiger partial charge in [-0.25, -0.2) is 4.39 Å². The van der Waals surface area contributed by atoms with Crippen LogP contribution in [0.3, 0.4) is 0 Å². The molecule has 0 unspecified atom stereocenters. The normalized spacial score (nSPS) is 16.1. The first-order chi connectivity index (χ1) is 13.5. The number of rotatable bonds is 4. The fraction of sp³-hybridized carbons (Fsp3) is 0.300. The van der Waals surface area contributed by atoms with Crippen LogP contribution >= 0.6 is 15.9 Å². The summed E-state index contributed by atoms with van der Waals surface area (Å²) in [6.45, 7) is 1.53. The molecule has 0 bridgehead atoms. The molecule has 1 aliphatic rings. The molecule has 3 aromatic rings. The molecule has 1 aliphatic heterocycles. The van der Waals surface area contributed by atoms with E-state index in [0.29, 0.717) is 12.8 Å². The molecule has 0 aliphatic carbocycles. The van der Waals surface area contributed by atoms with Gasteiger partial charge in [0, 0.05) is 12.6 Å². The zero-order chi connectivity index (χ0) is 19.7. The van der Waals surface area contributed by atoms with Crippen molar-refractivity contribution in [1.82, 2.24) is 20.4 Å². The summed E-state index contributed by atoms with van der Waals surface area (Å²) in [4.78, 5) is 13.0. The standard InChI is InChI=1S/C20H20BrFN4O2/c1-26-18(16(21)11-24-26)13-10-17(28-12-13)19(27)25-20(6-8-23-9-7-20)14-2-4-15(22)5-3-14/h2-5,10-12,23H,6-9H2,1H3,(H,25,27). The first kappa shape index (κ1) is 18.9. The summed E-state index contributed by atoms with van der Waals surface area (Å²) < 4.78 is 21.5. The van der Waals surface area contributed by atoms with Crippen molar-refractivity contribution >= 4 is 21.8 Å². The minimum absolute atomic E-state index is 0.225. The van der Waals surface area contributed by atoms with E-state index >= 15 is 0 Å². The third-order valence-electron chi connectivity index (χ3n) is 5.20. The van der Waals surface area contributed by atoms with E-state index in [0.717, 1.165) is 34.4 Å². The summed E-state index contributed by atoms with van der Waals surface area (Å²) >= 11 is 3.46. The summed E-state index contributed by atoms with van der Waals surface area (Å²) in [6, 6.07) is 8.03. The highest BCUT2D eigenvalue weighted by Crippen LogP contribution is 2.33. The van der Waals surface area contributed by atoms with Crippen molar-refractivity contribution in [3.8, 4) is 11.3 Å². The van der Waals surface area contributed by atoms with Gasteiger partial charge in [-0.15, -0.1) is 0 Å². The maximum absolute atomic E-state index is 13.4. The molecule has 1 fully saturated rings. The van der Waals surface area contributed by atoms with Gasteiger partial charge in [0.2, 0.25) is 0 Å². The molecule has 146 valence electrons. The summed E-state index contributed by atoms with van der Waals surface area (Å²) in [5, 5.41) is 10.6. The van der Waals surface area contributed by atoms with Gasteiger partial charge in [-0.1, -0.05) is 12.1 Å². The number of carbonyl (C=O) groups excluding carboxylic acids is 1. The maximum atomic E-state index is 13.4. The van der Waals surface area contributed by atoms with Crippen LogP contribution in [0.1, 0.15) is 29.0 Å². The highest BCUT2D eigenvalue weighted by atomic mass is 79.9. The summed E-state index contributed by atoms with van der Waals surface area (Å²) in [5.41, 5.74) is 1.93. The predicted octanol–water partition coefficient (Wildman–Crippen LogP) is 3.59. The number of halogens is 2. The Morgan fingerprint density at radius 2 is 2.04 bits per heavy atom. The molecule has 4 rings (SSSR count). The summed E-state index contributed by atoms with van der Waals surface area (Å²) in [6.07, 6.45) is 4.67. The monoisotopic (exact) mass is 446 g/mol. The van der Waals surface area contributed by atoms with Gasteiger partial charge in [0.25, 0.3) is 5.91 Å². The molecule has 3 heterocycles. The lowest BCUT2D eigenvalue weighted by Crippen LogP contribution is -2.52. The number of hydrogen-bond acceptors (Lipinski definition) is 4. The second-order valence-electron chi connectivity index (χ2n) is 6.96. The summed E-state index contributed by atoms with van der Waals surface area (Å²) in [7, 11) is 1.82. The number of aryl methyl sites for hydroxylation is 1. The zero-order valence-corrected chi connectivity index (χ0v) is 16.9. The van der Waals surface area contributed by atoms with Crippen molar-refractivity contribution in [3.05, 3.63) is 64.4 Å². The largest absolute Gasteiger partial charge is 0.458 e. The number of benzene rings is 1. The number of aromatic nitrogens is 2. The molecule has 8 heteroatoms. The maximum Gasteiger partial charge on any atom is 0.287 e. The third kappa shape index (κ3) is 3.49. The molecular weight excluding hydrogens is 427 g/mol. The zero-order valence-electron chi connectivity index (χ0n) is 15.3. The third-order valence-corrected chi connectivity index (χ3v) is 5.78. The topological polar surface area (TPSA) is 72.1 Å². The van der Waals surface area contributed by atoms with Crippen LogP contribution in [-0.2, 0) is 12.6 Å². The van der Waals surface area contributed by atoms with Crippen molar-refractivity contribution in [3.63, 3.8) is 0 Å². The number of nitrogens with zero attached hydrogens (tertiary/aromatic N) is 2. The van der Waals surface area contributed by atoms with E-state index in [4.69, 9.17) is 4.42 Å². The van der Waals surface area contributed by atoms with Gasteiger partial charge in [0.05, 0.1) is 21.9 Å². The average molecular weight is 447 g/mol. The number of furan rings is 1. The SMILES string of the molecule is Cn1ncc(Br)c1-c1coc(C(=O)NC2(c3ccc(F)cc3)CCNCC2)c1. The first-order valence-corrected chi connectivity index (χ1v) is 9.83. The van der Waals surface area contributed by atoms with E-state index in [2.05, 4.69) is 31.7 Å². The second-order valence-corrected chi connectivity index (χ2v) is 7.81. The van der Waals surface area contributed by atoms with E-state index < -0.39 is 5.54 Å². The molecule has 28 heavy (non-hydrogen) atoms. The molecule has 0 saturated carbocycles. The van der Waals surface area contributed by atoms with Crippen LogP contribution in [-0.4, -0.2) is 28.8 Å². The van der Waals surface area contributed by atoms with Gasteiger partial charge in [-0.2, -0.15) is 5.10 Å². The van der Waals surface area contributed by atoms with Crippen LogP contribution < -0.4 is 10.6 Å². The number of amides is 1. The molecule has 1 amide bonds. The quantitative estimate of drug-likeness (QED) is 0.642. The molecule has 1 aromatic carbocycles. The Hall–Kier alpha value is -2.45. The number of nitrogens with one attached hydrogen (secondary N) is 2. The Bertz CT molecular complexity index is 971. The Kier molecular flexibility index (Phi) is 5.07. The minimum Gasteiger partial charge on any atom is -0.458 e. The van der Waals surface area contributed by atoms with Crippen LogP contribution in [0.5, 0.6) is 0 Å². The molecule has 2 aromatic heterocycles. The fourth-order valence-electron chi connectivity index (χ4n) is 3.70. The average Bonchev–Trinajstić information content (AvgIpc) is 3.29. The highest BCUT2D eigenvalue weighted by molar-refractivity contribution is 9.10. The molecule has 1 saturated heterocycles. The van der Waals surface area contributed by atoms with Crippen molar-refractivity contribution < 1.29 is 13.6 Å². The first-order valence-electron chi connectivity index (χ1n) is 9.04. The summed E-state index contributed by atoms with van der Waals surface area (Å²) in [5.74, 6) is -0.365. The molecule has 0 spiro atoms. The van der Waals surface area contributed by atoms with Gasteiger partial charge in [0.15, 0.2) is 5.76 Å². The van der Waals surface area contributed by atoms with Crippen molar-refractivity contribution in [2.45, 2.75) is 18.4 Å². The fourth-order valence-corrected chi connectivity index (χ4v) is 4.28. The van der Waals surface area contributed by atoms with Crippen LogP contribution in [0, 0.1) is 5.82 Å². The second kappa shape index (κ2) is 7.52. The lowest BCUT2D eigenvalue weighted by Gasteiger charge is -2.38. The minimum atomic E-state index is -0.559. The molecule has 2 N–H and O–H groups in total.